The molecule has 0 bridgehead atoms. The highest BCUT2D eigenvalue weighted by Crippen LogP contribution is 2.44. The van der Waals surface area contributed by atoms with Crippen LogP contribution in [0.3, 0.4) is 0 Å². The van der Waals surface area contributed by atoms with Gasteiger partial charge in [-0.3, -0.25) is 9.59 Å². The fourth-order valence-corrected chi connectivity index (χ4v) is 3.34. The molecule has 1 saturated carbocycles. The lowest BCUT2D eigenvalue weighted by atomic mass is 9.62. The molecular formula is C14H24O4. The zero-order valence-electron chi connectivity index (χ0n) is 11.6. The Morgan fingerprint density at radius 2 is 1.11 bits per heavy atom. The van der Waals surface area contributed by atoms with Gasteiger partial charge in [-0.25, -0.2) is 0 Å². The first-order valence-electron chi connectivity index (χ1n) is 6.71. The van der Waals surface area contributed by atoms with Crippen molar-refractivity contribution in [2.75, 3.05) is 0 Å². The molecule has 4 atom stereocenters. The average molecular weight is 256 g/mol. The van der Waals surface area contributed by atoms with Crippen molar-refractivity contribution in [2.24, 2.45) is 35.5 Å². The van der Waals surface area contributed by atoms with Gasteiger partial charge in [-0.05, 0) is 36.5 Å². The molecule has 1 rings (SSSR count). The molecule has 1 aliphatic carbocycles. The summed E-state index contributed by atoms with van der Waals surface area (Å²) in [6.45, 7) is 8.39. The summed E-state index contributed by atoms with van der Waals surface area (Å²) in [7, 11) is 0. The summed E-state index contributed by atoms with van der Waals surface area (Å²) in [6, 6.07) is 0. The Hall–Kier alpha value is -1.06. The number of hydrogen-bond donors (Lipinski definition) is 2. The Kier molecular flexibility index (Phi) is 4.77. The van der Waals surface area contributed by atoms with Crippen LogP contribution in [0.5, 0.6) is 0 Å². The molecule has 4 heteroatoms. The first-order valence-corrected chi connectivity index (χ1v) is 6.71. The van der Waals surface area contributed by atoms with E-state index in [9.17, 15) is 19.8 Å². The third-order valence-electron chi connectivity index (χ3n) is 4.43. The van der Waals surface area contributed by atoms with Crippen LogP contribution in [0, 0.1) is 35.5 Å². The lowest BCUT2D eigenvalue weighted by molar-refractivity contribution is -0.159. The second-order valence-corrected chi connectivity index (χ2v) is 6.18. The Balaban J connectivity index is 2.99. The van der Waals surface area contributed by atoms with E-state index in [1.54, 1.807) is 0 Å². The smallest absolute Gasteiger partial charge is 0.307 e. The average Bonchev–Trinajstić information content (AvgIpc) is 2.26. The van der Waals surface area contributed by atoms with Crippen molar-refractivity contribution in [1.82, 2.24) is 0 Å². The molecule has 0 aromatic carbocycles. The van der Waals surface area contributed by atoms with Gasteiger partial charge in [0.2, 0.25) is 0 Å². The first-order chi connectivity index (χ1) is 8.25. The van der Waals surface area contributed by atoms with Gasteiger partial charge < -0.3 is 10.2 Å². The van der Waals surface area contributed by atoms with Crippen LogP contribution in [0.25, 0.3) is 0 Å². The van der Waals surface area contributed by atoms with Gasteiger partial charge in [-0.15, -0.1) is 0 Å². The van der Waals surface area contributed by atoms with Crippen LogP contribution < -0.4 is 0 Å². The predicted octanol–water partition coefficient (Wildman–Crippen LogP) is 2.73. The van der Waals surface area contributed by atoms with Crippen molar-refractivity contribution < 1.29 is 19.8 Å². The Labute approximate surface area is 108 Å². The molecule has 2 N–H and O–H groups in total. The van der Waals surface area contributed by atoms with Crippen molar-refractivity contribution in [3.8, 4) is 0 Å². The minimum Gasteiger partial charge on any atom is -0.481 e. The van der Waals surface area contributed by atoms with E-state index >= 15 is 0 Å². The number of carboxylic acids is 2. The molecule has 104 valence electrons. The van der Waals surface area contributed by atoms with Crippen LogP contribution in [0.2, 0.25) is 0 Å². The fraction of sp³-hybridized carbons (Fsp3) is 0.857. The number of hydrogen-bond acceptors (Lipinski definition) is 2. The predicted molar refractivity (Wildman–Crippen MR) is 68.1 cm³/mol. The molecule has 0 heterocycles. The van der Waals surface area contributed by atoms with Gasteiger partial charge >= 0.3 is 11.9 Å². The van der Waals surface area contributed by atoms with Crippen LogP contribution in [-0.2, 0) is 9.59 Å². The summed E-state index contributed by atoms with van der Waals surface area (Å²) in [5, 5.41) is 18.4. The highest BCUT2D eigenvalue weighted by atomic mass is 16.4. The van der Waals surface area contributed by atoms with Gasteiger partial charge in [0.1, 0.15) is 0 Å². The lowest BCUT2D eigenvalue weighted by Crippen LogP contribution is -2.42. The summed E-state index contributed by atoms with van der Waals surface area (Å²) in [4.78, 5) is 22.5. The van der Waals surface area contributed by atoms with Crippen molar-refractivity contribution in [1.29, 1.82) is 0 Å². The standard InChI is InChI=1S/C14H24O4/c1-7(2)9-5-11(13(15)16)12(14(17)18)6-10(9)8(3)4/h7-12H,5-6H2,1-4H3,(H,15,16)(H,17,18). The molecule has 0 aliphatic heterocycles. The molecule has 0 amide bonds. The van der Waals surface area contributed by atoms with E-state index in [-0.39, 0.29) is 0 Å². The topological polar surface area (TPSA) is 74.6 Å². The number of rotatable bonds is 4. The summed E-state index contributed by atoms with van der Waals surface area (Å²) in [5.41, 5.74) is 0. The minimum atomic E-state index is -0.963. The molecule has 0 saturated heterocycles. The third kappa shape index (κ3) is 3.03. The minimum absolute atomic E-state index is 0.307. The largest absolute Gasteiger partial charge is 0.481 e. The monoisotopic (exact) mass is 256 g/mol. The van der Waals surface area contributed by atoms with Crippen molar-refractivity contribution in [2.45, 2.75) is 40.5 Å². The van der Waals surface area contributed by atoms with E-state index in [0.717, 1.165) is 0 Å². The third-order valence-corrected chi connectivity index (χ3v) is 4.43. The molecule has 0 aromatic rings. The Morgan fingerprint density at radius 1 is 0.833 bits per heavy atom. The van der Waals surface area contributed by atoms with Crippen molar-refractivity contribution in [3.05, 3.63) is 0 Å². The molecule has 0 radical (unpaired) electrons. The zero-order chi connectivity index (χ0) is 14.0. The van der Waals surface area contributed by atoms with Gasteiger partial charge in [-0.1, -0.05) is 27.7 Å². The van der Waals surface area contributed by atoms with Gasteiger partial charge in [0.15, 0.2) is 0 Å². The SMILES string of the molecule is CC(C)C1CC(C(=O)O)C(C(=O)O)CC1C(C)C. The molecular weight excluding hydrogens is 232 g/mol. The maximum Gasteiger partial charge on any atom is 0.307 e. The lowest BCUT2D eigenvalue weighted by Gasteiger charge is -2.42. The van der Waals surface area contributed by atoms with Crippen LogP contribution in [-0.4, -0.2) is 22.2 Å². The van der Waals surface area contributed by atoms with E-state index in [2.05, 4.69) is 27.7 Å². The fourth-order valence-electron chi connectivity index (χ4n) is 3.34. The maximum atomic E-state index is 11.3. The van der Waals surface area contributed by atoms with Gasteiger partial charge in [0.25, 0.3) is 0 Å². The Morgan fingerprint density at radius 3 is 1.28 bits per heavy atom. The van der Waals surface area contributed by atoms with Crippen LogP contribution in [0.15, 0.2) is 0 Å². The second kappa shape index (κ2) is 5.72. The normalized spacial score (nSPS) is 32.8. The van der Waals surface area contributed by atoms with Crippen LogP contribution >= 0.6 is 0 Å². The summed E-state index contributed by atoms with van der Waals surface area (Å²) in [5.74, 6) is -1.98. The summed E-state index contributed by atoms with van der Waals surface area (Å²) < 4.78 is 0. The Bertz CT molecular complexity index is 290. The van der Waals surface area contributed by atoms with E-state index in [1.807, 2.05) is 0 Å². The highest BCUT2D eigenvalue weighted by Gasteiger charge is 2.45. The number of carboxylic acid groups (broad SMARTS) is 2. The molecule has 1 aliphatic rings. The molecule has 4 unspecified atom stereocenters. The van der Waals surface area contributed by atoms with Crippen LogP contribution in [0.1, 0.15) is 40.5 Å². The van der Waals surface area contributed by atoms with Gasteiger partial charge in [0, 0.05) is 0 Å². The van der Waals surface area contributed by atoms with Gasteiger partial charge in [0.05, 0.1) is 11.8 Å². The molecule has 18 heavy (non-hydrogen) atoms. The van der Waals surface area contributed by atoms with E-state index in [4.69, 9.17) is 0 Å². The van der Waals surface area contributed by atoms with E-state index in [1.165, 1.54) is 0 Å². The van der Waals surface area contributed by atoms with Crippen molar-refractivity contribution >= 4 is 11.9 Å². The summed E-state index contributed by atoms with van der Waals surface area (Å²) >= 11 is 0. The quantitative estimate of drug-likeness (QED) is 0.811. The molecule has 0 aromatic heterocycles. The molecule has 4 nitrogen and oxygen atoms in total. The molecule has 1 fully saturated rings. The molecule has 0 spiro atoms. The zero-order valence-corrected chi connectivity index (χ0v) is 11.6. The van der Waals surface area contributed by atoms with E-state index in [0.29, 0.717) is 36.5 Å². The van der Waals surface area contributed by atoms with Crippen LogP contribution in [0.4, 0.5) is 0 Å². The maximum absolute atomic E-state index is 11.3. The highest BCUT2D eigenvalue weighted by molar-refractivity contribution is 5.80. The second-order valence-electron chi connectivity index (χ2n) is 6.18. The van der Waals surface area contributed by atoms with Crippen molar-refractivity contribution in [3.63, 3.8) is 0 Å². The van der Waals surface area contributed by atoms with E-state index < -0.39 is 23.8 Å². The number of aliphatic carboxylic acids is 2. The van der Waals surface area contributed by atoms with Gasteiger partial charge in [-0.2, -0.15) is 0 Å². The number of carbonyl (C=O) groups is 2. The summed E-state index contributed by atoms with van der Waals surface area (Å²) in [6.07, 6.45) is 0.986. The first kappa shape index (κ1) is 15.0.